The van der Waals surface area contributed by atoms with E-state index in [1.807, 2.05) is 13.8 Å². The summed E-state index contributed by atoms with van der Waals surface area (Å²) in [5.74, 6) is 0.707. The van der Waals surface area contributed by atoms with Crippen LogP contribution in [0.3, 0.4) is 0 Å². The zero-order valence-electron chi connectivity index (χ0n) is 12.6. The van der Waals surface area contributed by atoms with Crippen molar-refractivity contribution in [3.63, 3.8) is 0 Å². The topological polar surface area (TPSA) is 44.8 Å². The van der Waals surface area contributed by atoms with Gasteiger partial charge in [0.15, 0.2) is 0 Å². The molecule has 0 aliphatic rings. The maximum absolute atomic E-state index is 12.7. The molecule has 1 aromatic carbocycles. The van der Waals surface area contributed by atoms with E-state index in [-0.39, 0.29) is 6.10 Å². The fourth-order valence-electron chi connectivity index (χ4n) is 1.75. The Bertz CT molecular complexity index is 487. The van der Waals surface area contributed by atoms with Gasteiger partial charge in [-0.1, -0.05) is 12.7 Å². The van der Waals surface area contributed by atoms with Gasteiger partial charge in [0.25, 0.3) is 0 Å². The van der Waals surface area contributed by atoms with Crippen LogP contribution in [0.2, 0.25) is 0 Å². The summed E-state index contributed by atoms with van der Waals surface area (Å²) < 4.78 is 29.0. The second kappa shape index (κ2) is 7.63. The summed E-state index contributed by atoms with van der Waals surface area (Å²) in [6.07, 6.45) is 1.73. The molecule has 0 aliphatic carbocycles. The molecule has 0 aromatic heterocycles. The molecule has 0 saturated carbocycles. The number of rotatable bonds is 8. The summed E-state index contributed by atoms with van der Waals surface area (Å²) in [5.41, 5.74) is 0.774. The van der Waals surface area contributed by atoms with E-state index < -0.39 is 7.60 Å². The van der Waals surface area contributed by atoms with Crippen LogP contribution in [-0.4, -0.2) is 19.3 Å². The highest BCUT2D eigenvalue weighted by molar-refractivity contribution is 7.62. The van der Waals surface area contributed by atoms with E-state index in [1.54, 1.807) is 38.1 Å². The molecular formula is C15H23O4P. The summed E-state index contributed by atoms with van der Waals surface area (Å²) in [4.78, 5) is 0. The zero-order chi connectivity index (χ0) is 15.2. The highest BCUT2D eigenvalue weighted by Gasteiger charge is 2.27. The van der Waals surface area contributed by atoms with Gasteiger partial charge in [-0.25, -0.2) is 0 Å². The lowest BCUT2D eigenvalue weighted by molar-refractivity contribution is 0.229. The Morgan fingerprint density at radius 1 is 1.25 bits per heavy atom. The van der Waals surface area contributed by atoms with Crippen molar-refractivity contribution < 1.29 is 18.3 Å². The molecule has 0 saturated heterocycles. The first-order valence-electron chi connectivity index (χ1n) is 6.79. The van der Waals surface area contributed by atoms with Gasteiger partial charge in [0.2, 0.25) is 0 Å². The lowest BCUT2D eigenvalue weighted by Gasteiger charge is -2.19. The standard InChI is InChI=1S/C15H23O4P/c1-6-13-11-14(9-10-15(13)19-12(4)5)20(16,17-7-2)18-8-3/h6,9-12H,1,7-8H2,2-5H3. The third-order valence-corrected chi connectivity index (χ3v) is 4.60. The molecule has 0 atom stereocenters. The van der Waals surface area contributed by atoms with Gasteiger partial charge in [-0.15, -0.1) is 0 Å². The molecule has 0 amide bonds. The van der Waals surface area contributed by atoms with Gasteiger partial charge in [-0.3, -0.25) is 4.57 Å². The Kier molecular flexibility index (Phi) is 6.47. The largest absolute Gasteiger partial charge is 0.490 e. The van der Waals surface area contributed by atoms with Crippen LogP contribution in [0.1, 0.15) is 33.3 Å². The van der Waals surface area contributed by atoms with Crippen molar-refractivity contribution in [1.29, 1.82) is 0 Å². The first-order chi connectivity index (χ1) is 9.46. The molecule has 0 aliphatic heterocycles. The molecule has 20 heavy (non-hydrogen) atoms. The molecule has 112 valence electrons. The second-order valence-electron chi connectivity index (χ2n) is 4.43. The fraction of sp³-hybridized carbons (Fsp3) is 0.467. The van der Waals surface area contributed by atoms with Crippen LogP contribution >= 0.6 is 7.60 Å². The molecule has 0 heterocycles. The molecular weight excluding hydrogens is 275 g/mol. The molecule has 0 radical (unpaired) electrons. The van der Waals surface area contributed by atoms with Crippen LogP contribution in [-0.2, 0) is 13.6 Å². The number of benzene rings is 1. The van der Waals surface area contributed by atoms with Crippen LogP contribution in [0.5, 0.6) is 5.75 Å². The predicted octanol–water partition coefficient (Wildman–Crippen LogP) is 4.01. The van der Waals surface area contributed by atoms with Gasteiger partial charge in [0.1, 0.15) is 5.75 Å². The summed E-state index contributed by atoms with van der Waals surface area (Å²) >= 11 is 0. The van der Waals surface area contributed by atoms with Crippen molar-refractivity contribution in [2.24, 2.45) is 0 Å². The van der Waals surface area contributed by atoms with Crippen molar-refractivity contribution in [2.75, 3.05) is 13.2 Å². The smallest absolute Gasteiger partial charge is 0.361 e. The van der Waals surface area contributed by atoms with Crippen LogP contribution in [0.4, 0.5) is 0 Å². The monoisotopic (exact) mass is 298 g/mol. The first kappa shape index (κ1) is 17.0. The minimum atomic E-state index is -3.27. The molecule has 0 fully saturated rings. The lowest BCUT2D eigenvalue weighted by atomic mass is 10.2. The summed E-state index contributed by atoms with van der Waals surface area (Å²) in [6.45, 7) is 11.9. The van der Waals surface area contributed by atoms with Crippen molar-refractivity contribution in [3.8, 4) is 5.75 Å². The lowest BCUT2D eigenvalue weighted by Crippen LogP contribution is -2.13. The molecule has 0 unspecified atom stereocenters. The molecule has 0 bridgehead atoms. The van der Waals surface area contributed by atoms with Crippen molar-refractivity contribution in [3.05, 3.63) is 30.3 Å². The zero-order valence-corrected chi connectivity index (χ0v) is 13.5. The van der Waals surface area contributed by atoms with Crippen LogP contribution < -0.4 is 10.0 Å². The fourth-order valence-corrected chi connectivity index (χ4v) is 3.36. The van der Waals surface area contributed by atoms with Gasteiger partial charge in [0.05, 0.1) is 24.6 Å². The van der Waals surface area contributed by atoms with Gasteiger partial charge in [-0.2, -0.15) is 0 Å². The minimum absolute atomic E-state index is 0.0603. The van der Waals surface area contributed by atoms with E-state index in [4.69, 9.17) is 13.8 Å². The SMILES string of the molecule is C=Cc1cc(P(=O)(OCC)OCC)ccc1OC(C)C. The van der Waals surface area contributed by atoms with Gasteiger partial charge < -0.3 is 13.8 Å². The maximum atomic E-state index is 12.7. The predicted molar refractivity (Wildman–Crippen MR) is 82.8 cm³/mol. The van der Waals surface area contributed by atoms with Crippen molar-refractivity contribution in [2.45, 2.75) is 33.8 Å². The van der Waals surface area contributed by atoms with Gasteiger partial charge in [0, 0.05) is 5.56 Å². The third kappa shape index (κ3) is 4.20. The van der Waals surface area contributed by atoms with E-state index in [2.05, 4.69) is 6.58 Å². The van der Waals surface area contributed by atoms with E-state index >= 15 is 0 Å². The maximum Gasteiger partial charge on any atom is 0.361 e. The Balaban J connectivity index is 3.19. The number of ether oxygens (including phenoxy) is 1. The Morgan fingerprint density at radius 3 is 2.30 bits per heavy atom. The molecule has 0 N–H and O–H groups in total. The molecule has 1 aromatic rings. The van der Waals surface area contributed by atoms with Gasteiger partial charge >= 0.3 is 7.60 Å². The van der Waals surface area contributed by atoms with Crippen LogP contribution in [0.25, 0.3) is 6.08 Å². The Hall–Kier alpha value is -1.09. The average Bonchev–Trinajstić information content (AvgIpc) is 2.39. The first-order valence-corrected chi connectivity index (χ1v) is 8.34. The highest BCUT2D eigenvalue weighted by Crippen LogP contribution is 2.47. The van der Waals surface area contributed by atoms with Crippen LogP contribution in [0, 0.1) is 0 Å². The minimum Gasteiger partial charge on any atom is -0.490 e. The Labute approximate surface area is 121 Å². The molecule has 0 spiro atoms. The average molecular weight is 298 g/mol. The van der Waals surface area contributed by atoms with E-state index in [0.29, 0.717) is 24.3 Å². The third-order valence-electron chi connectivity index (χ3n) is 2.49. The van der Waals surface area contributed by atoms with E-state index in [0.717, 1.165) is 5.56 Å². The van der Waals surface area contributed by atoms with E-state index in [1.165, 1.54) is 0 Å². The van der Waals surface area contributed by atoms with Crippen molar-refractivity contribution >= 4 is 19.0 Å². The summed E-state index contributed by atoms with van der Waals surface area (Å²) in [7, 11) is -3.27. The number of hydrogen-bond donors (Lipinski definition) is 0. The molecule has 5 heteroatoms. The van der Waals surface area contributed by atoms with E-state index in [9.17, 15) is 4.57 Å². The quantitative estimate of drug-likeness (QED) is 0.680. The van der Waals surface area contributed by atoms with Crippen molar-refractivity contribution in [1.82, 2.24) is 0 Å². The summed E-state index contributed by atoms with van der Waals surface area (Å²) in [6, 6.07) is 5.24. The Morgan fingerprint density at radius 2 is 1.85 bits per heavy atom. The second-order valence-corrected chi connectivity index (χ2v) is 6.45. The molecule has 1 rings (SSSR count). The van der Waals surface area contributed by atoms with Crippen LogP contribution in [0.15, 0.2) is 24.8 Å². The molecule has 4 nitrogen and oxygen atoms in total. The van der Waals surface area contributed by atoms with Gasteiger partial charge in [-0.05, 0) is 45.9 Å². The number of hydrogen-bond acceptors (Lipinski definition) is 4. The normalized spacial score (nSPS) is 11.7. The highest BCUT2D eigenvalue weighted by atomic mass is 31.2. The summed E-state index contributed by atoms with van der Waals surface area (Å²) in [5, 5.41) is 0.521.